The van der Waals surface area contributed by atoms with E-state index in [1.807, 2.05) is 64.6 Å². The normalized spacial score (nSPS) is 12.5. The van der Waals surface area contributed by atoms with E-state index in [0.717, 1.165) is 16.6 Å². The quantitative estimate of drug-likeness (QED) is 0.540. The van der Waals surface area contributed by atoms with Crippen molar-refractivity contribution in [2.75, 3.05) is 13.7 Å². The zero-order valence-electron chi connectivity index (χ0n) is 15.6. The van der Waals surface area contributed by atoms with E-state index in [2.05, 4.69) is 15.5 Å². The second kappa shape index (κ2) is 7.61. The van der Waals surface area contributed by atoms with Crippen molar-refractivity contribution in [2.24, 2.45) is 0 Å². The molecule has 0 aliphatic carbocycles. The van der Waals surface area contributed by atoms with E-state index in [4.69, 9.17) is 16.3 Å². The molecule has 144 valence electrons. The van der Waals surface area contributed by atoms with Crippen molar-refractivity contribution in [3.05, 3.63) is 65.2 Å². The van der Waals surface area contributed by atoms with Gasteiger partial charge in [0.25, 0.3) is 5.91 Å². The van der Waals surface area contributed by atoms with Crippen LogP contribution in [0.1, 0.15) is 29.3 Å². The second-order valence-corrected chi connectivity index (χ2v) is 7.00. The van der Waals surface area contributed by atoms with E-state index in [1.165, 1.54) is 0 Å². The third-order valence-corrected chi connectivity index (χ3v) is 4.93. The van der Waals surface area contributed by atoms with Crippen LogP contribution in [0.15, 0.2) is 48.7 Å². The minimum Gasteiger partial charge on any atom is -0.383 e. The molecule has 3 heterocycles. The molecule has 1 N–H and O–H groups in total. The number of methoxy groups -OCH3 is 1. The van der Waals surface area contributed by atoms with E-state index in [-0.39, 0.29) is 11.9 Å². The molecule has 0 spiro atoms. The number of nitrogens with one attached hydrogen (secondary N) is 1. The van der Waals surface area contributed by atoms with Crippen molar-refractivity contribution < 1.29 is 9.53 Å². The van der Waals surface area contributed by atoms with Crippen LogP contribution in [0.4, 0.5) is 0 Å². The molecule has 0 fully saturated rings. The molecule has 4 aromatic rings. The van der Waals surface area contributed by atoms with Crippen molar-refractivity contribution >= 4 is 34.1 Å². The fourth-order valence-electron chi connectivity index (χ4n) is 3.34. The number of hydrogen-bond acceptors (Lipinski definition) is 4. The zero-order valence-corrected chi connectivity index (χ0v) is 16.3. The van der Waals surface area contributed by atoms with Gasteiger partial charge in [-0.3, -0.25) is 9.20 Å². The first-order valence-corrected chi connectivity index (χ1v) is 9.34. The van der Waals surface area contributed by atoms with Crippen molar-refractivity contribution in [2.45, 2.75) is 19.5 Å². The molecular weight excluding hydrogens is 378 g/mol. The summed E-state index contributed by atoms with van der Waals surface area (Å²) in [5.41, 5.74) is 2.23. The highest BCUT2D eigenvalue weighted by molar-refractivity contribution is 6.31. The Balaban J connectivity index is 1.66. The van der Waals surface area contributed by atoms with Crippen LogP contribution in [0.5, 0.6) is 0 Å². The summed E-state index contributed by atoms with van der Waals surface area (Å²) in [6.45, 7) is 2.95. The van der Waals surface area contributed by atoms with Crippen LogP contribution in [0.3, 0.4) is 0 Å². The lowest BCUT2D eigenvalue weighted by Gasteiger charge is -2.14. The fourth-order valence-corrected chi connectivity index (χ4v) is 3.52. The van der Waals surface area contributed by atoms with Crippen molar-refractivity contribution in [1.82, 2.24) is 24.5 Å². The van der Waals surface area contributed by atoms with Gasteiger partial charge >= 0.3 is 0 Å². The molecule has 7 nitrogen and oxygen atoms in total. The number of ether oxygens (including phenoxy) is 1. The Bertz CT molecular complexity index is 1150. The van der Waals surface area contributed by atoms with Crippen LogP contribution in [0.2, 0.25) is 5.02 Å². The third-order valence-electron chi connectivity index (χ3n) is 4.69. The topological polar surface area (TPSA) is 73.4 Å². The molecule has 4 rings (SSSR count). The van der Waals surface area contributed by atoms with Gasteiger partial charge in [0, 0.05) is 35.8 Å². The maximum absolute atomic E-state index is 13.1. The number of rotatable bonds is 6. The van der Waals surface area contributed by atoms with Crippen LogP contribution < -0.4 is 5.32 Å². The predicted octanol–water partition coefficient (Wildman–Crippen LogP) is 3.47. The molecule has 0 bridgehead atoms. The number of nitrogens with zero attached hydrogens (tertiary/aromatic N) is 4. The first-order valence-electron chi connectivity index (χ1n) is 8.96. The first-order chi connectivity index (χ1) is 13.6. The van der Waals surface area contributed by atoms with Crippen LogP contribution in [-0.2, 0) is 11.3 Å². The summed E-state index contributed by atoms with van der Waals surface area (Å²) in [7, 11) is 1.64. The standard InChI is InChI=1S/C20H20ClN5O2/c1-13(19-24-23-18-5-3-4-8-26(18)19)22-20(27)17-12-14-11-15(21)6-7-16(14)25(17)9-10-28-2/h3-8,11-13H,9-10H2,1-2H3,(H,22,27). The van der Waals surface area contributed by atoms with Crippen LogP contribution >= 0.6 is 11.6 Å². The third kappa shape index (κ3) is 3.34. The highest BCUT2D eigenvalue weighted by Gasteiger charge is 2.20. The van der Waals surface area contributed by atoms with Gasteiger partial charge in [-0.1, -0.05) is 17.7 Å². The van der Waals surface area contributed by atoms with Gasteiger partial charge in [0.05, 0.1) is 12.6 Å². The Morgan fingerprint density at radius 2 is 2.11 bits per heavy atom. The smallest absolute Gasteiger partial charge is 0.268 e. The lowest BCUT2D eigenvalue weighted by molar-refractivity contribution is 0.0926. The van der Waals surface area contributed by atoms with Gasteiger partial charge in [-0.15, -0.1) is 10.2 Å². The number of benzene rings is 1. The average molecular weight is 398 g/mol. The van der Waals surface area contributed by atoms with E-state index in [9.17, 15) is 4.79 Å². The summed E-state index contributed by atoms with van der Waals surface area (Å²) in [5, 5.41) is 12.9. The number of pyridine rings is 1. The van der Waals surface area contributed by atoms with E-state index in [1.54, 1.807) is 7.11 Å². The van der Waals surface area contributed by atoms with E-state index >= 15 is 0 Å². The number of carbonyl (C=O) groups is 1. The minimum absolute atomic E-state index is 0.191. The molecule has 1 unspecified atom stereocenters. The fraction of sp³-hybridized carbons (Fsp3) is 0.250. The monoisotopic (exact) mass is 397 g/mol. The molecule has 1 atom stereocenters. The van der Waals surface area contributed by atoms with Gasteiger partial charge in [0.1, 0.15) is 5.69 Å². The predicted molar refractivity (Wildman–Crippen MR) is 108 cm³/mol. The molecule has 0 saturated heterocycles. The maximum atomic E-state index is 13.1. The molecule has 0 aliphatic heterocycles. The molecule has 0 radical (unpaired) electrons. The van der Waals surface area contributed by atoms with Gasteiger partial charge in [0.15, 0.2) is 11.5 Å². The van der Waals surface area contributed by atoms with Crippen LogP contribution in [0, 0.1) is 0 Å². The highest BCUT2D eigenvalue weighted by Crippen LogP contribution is 2.24. The number of aromatic nitrogens is 4. The van der Waals surface area contributed by atoms with Crippen molar-refractivity contribution in [3.63, 3.8) is 0 Å². The molecule has 3 aromatic heterocycles. The zero-order chi connectivity index (χ0) is 19.7. The van der Waals surface area contributed by atoms with E-state index < -0.39 is 0 Å². The molecule has 1 aromatic carbocycles. The Labute approximate surface area is 166 Å². The molecule has 8 heteroatoms. The number of carbonyl (C=O) groups excluding carboxylic acids is 1. The average Bonchev–Trinajstić information content (AvgIpc) is 3.27. The SMILES string of the molecule is COCCn1c(C(=O)NC(C)c2nnc3ccccn23)cc2cc(Cl)ccc21. The Morgan fingerprint density at radius 1 is 1.25 bits per heavy atom. The summed E-state index contributed by atoms with van der Waals surface area (Å²) < 4.78 is 9.02. The molecule has 1 amide bonds. The second-order valence-electron chi connectivity index (χ2n) is 6.56. The number of amides is 1. The number of hydrogen-bond donors (Lipinski definition) is 1. The largest absolute Gasteiger partial charge is 0.383 e. The van der Waals surface area contributed by atoms with Crippen molar-refractivity contribution in [3.8, 4) is 0 Å². The Kier molecular flexibility index (Phi) is 5.02. The maximum Gasteiger partial charge on any atom is 0.268 e. The summed E-state index contributed by atoms with van der Waals surface area (Å²) >= 11 is 6.12. The molecule has 28 heavy (non-hydrogen) atoms. The minimum atomic E-state index is -0.317. The lowest BCUT2D eigenvalue weighted by Crippen LogP contribution is -2.30. The van der Waals surface area contributed by atoms with E-state index in [0.29, 0.717) is 29.7 Å². The molecular formula is C20H20ClN5O2. The van der Waals surface area contributed by atoms with Gasteiger partial charge in [-0.2, -0.15) is 0 Å². The highest BCUT2D eigenvalue weighted by atomic mass is 35.5. The molecule has 0 saturated carbocycles. The Morgan fingerprint density at radius 3 is 2.93 bits per heavy atom. The number of halogens is 1. The van der Waals surface area contributed by atoms with Crippen LogP contribution in [-0.4, -0.2) is 38.8 Å². The summed E-state index contributed by atoms with van der Waals surface area (Å²) in [5.74, 6) is 0.482. The molecule has 0 aliphatic rings. The van der Waals surface area contributed by atoms with Gasteiger partial charge in [-0.05, 0) is 43.3 Å². The van der Waals surface area contributed by atoms with Gasteiger partial charge in [-0.25, -0.2) is 0 Å². The summed E-state index contributed by atoms with van der Waals surface area (Å²) in [4.78, 5) is 13.1. The summed E-state index contributed by atoms with van der Waals surface area (Å²) in [6, 6.07) is 12.8. The summed E-state index contributed by atoms with van der Waals surface area (Å²) in [6.07, 6.45) is 1.88. The van der Waals surface area contributed by atoms with Crippen LogP contribution in [0.25, 0.3) is 16.6 Å². The Hall–Kier alpha value is -2.90. The lowest BCUT2D eigenvalue weighted by atomic mass is 10.2. The van der Waals surface area contributed by atoms with Gasteiger partial charge < -0.3 is 14.6 Å². The first kappa shape index (κ1) is 18.5. The van der Waals surface area contributed by atoms with Crippen molar-refractivity contribution in [1.29, 1.82) is 0 Å². The number of fused-ring (bicyclic) bond motifs is 2. The van der Waals surface area contributed by atoms with Gasteiger partial charge in [0.2, 0.25) is 0 Å².